The minimum Gasteiger partial charge on any atom is -0.309 e. The third-order valence-corrected chi connectivity index (χ3v) is 5.01. The van der Waals surface area contributed by atoms with Crippen molar-refractivity contribution < 1.29 is 13.2 Å². The number of amides is 1. The van der Waals surface area contributed by atoms with Gasteiger partial charge in [0.05, 0.1) is 11.4 Å². The predicted octanol–water partition coefficient (Wildman–Crippen LogP) is 2.53. The zero-order valence-corrected chi connectivity index (χ0v) is 14.3. The molecule has 1 atom stereocenters. The molecule has 2 heterocycles. The number of hydrogen-bond donors (Lipinski definition) is 0. The van der Waals surface area contributed by atoms with Crippen molar-refractivity contribution in [3.05, 3.63) is 21.3 Å². The highest BCUT2D eigenvalue weighted by Gasteiger charge is 2.34. The van der Waals surface area contributed by atoms with Crippen LogP contribution >= 0.6 is 42.5 Å². The smallest absolute Gasteiger partial charge is 0.232 e. The van der Waals surface area contributed by atoms with Gasteiger partial charge in [-0.15, -0.1) is 0 Å². The Morgan fingerprint density at radius 1 is 1.47 bits per heavy atom. The molecule has 1 saturated heterocycles. The molecule has 1 aliphatic heterocycles. The largest absolute Gasteiger partial charge is 0.309 e. The van der Waals surface area contributed by atoms with Gasteiger partial charge in [0.2, 0.25) is 15.0 Å². The Hall–Kier alpha value is -0.180. The van der Waals surface area contributed by atoms with Gasteiger partial charge in [0.25, 0.3) is 0 Å². The van der Waals surface area contributed by atoms with Gasteiger partial charge in [0, 0.05) is 40.2 Å². The van der Waals surface area contributed by atoms with Gasteiger partial charge >= 0.3 is 0 Å². The topological polar surface area (TPSA) is 67.3 Å². The van der Waals surface area contributed by atoms with Gasteiger partial charge < -0.3 is 4.90 Å². The summed E-state index contributed by atoms with van der Waals surface area (Å²) in [5, 5.41) is 0. The van der Waals surface area contributed by atoms with Crippen LogP contribution < -0.4 is 4.90 Å². The van der Waals surface area contributed by atoms with Crippen LogP contribution in [-0.2, 0) is 13.8 Å². The minimum absolute atomic E-state index is 0.133. The van der Waals surface area contributed by atoms with Gasteiger partial charge in [-0.2, -0.15) is 0 Å². The van der Waals surface area contributed by atoms with Crippen LogP contribution in [0.5, 0.6) is 0 Å². The Bertz CT molecular complexity index is 623. The molecule has 0 aliphatic carbocycles. The second kappa shape index (κ2) is 5.67. The highest BCUT2D eigenvalue weighted by atomic mass is 79.9. The van der Waals surface area contributed by atoms with E-state index in [2.05, 4.69) is 36.8 Å². The monoisotopic (exact) mass is 430 g/mol. The van der Waals surface area contributed by atoms with Gasteiger partial charge in [0.15, 0.2) is 0 Å². The van der Waals surface area contributed by atoms with E-state index in [0.717, 1.165) is 4.47 Å². The lowest BCUT2D eigenvalue weighted by Gasteiger charge is -2.17. The molecule has 19 heavy (non-hydrogen) atoms. The molecule has 0 aromatic carbocycles. The molecule has 0 spiro atoms. The van der Waals surface area contributed by atoms with E-state index >= 15 is 0 Å². The highest BCUT2D eigenvalue weighted by molar-refractivity contribution is 9.11. The van der Waals surface area contributed by atoms with E-state index < -0.39 is 9.05 Å². The molecular formula is C10H9Br2ClN2O3S. The molecule has 5 nitrogen and oxygen atoms in total. The average molecular weight is 433 g/mol. The van der Waals surface area contributed by atoms with Gasteiger partial charge in [0.1, 0.15) is 4.60 Å². The van der Waals surface area contributed by atoms with Crippen molar-refractivity contribution in [2.75, 3.05) is 17.2 Å². The van der Waals surface area contributed by atoms with Crippen LogP contribution in [0.3, 0.4) is 0 Å². The number of aromatic nitrogens is 1. The van der Waals surface area contributed by atoms with Crippen LogP contribution in [0.4, 0.5) is 5.69 Å². The zero-order valence-electron chi connectivity index (χ0n) is 9.51. The molecule has 0 radical (unpaired) electrons. The Kier molecular flexibility index (Phi) is 4.54. The van der Waals surface area contributed by atoms with Crippen molar-refractivity contribution in [2.24, 2.45) is 5.92 Å². The van der Waals surface area contributed by atoms with Crippen LogP contribution in [0, 0.1) is 5.92 Å². The van der Waals surface area contributed by atoms with E-state index in [9.17, 15) is 13.2 Å². The number of carbonyl (C=O) groups excluding carboxylic acids is 1. The molecule has 104 valence electrons. The summed E-state index contributed by atoms with van der Waals surface area (Å²) in [7, 11) is 1.63. The zero-order chi connectivity index (χ0) is 14.2. The molecule has 1 fully saturated rings. The summed E-state index contributed by atoms with van der Waals surface area (Å²) in [6.07, 6.45) is 1.78. The van der Waals surface area contributed by atoms with E-state index in [0.29, 0.717) is 16.8 Å². The molecule has 1 unspecified atom stereocenters. The fourth-order valence-electron chi connectivity index (χ4n) is 2.01. The van der Waals surface area contributed by atoms with E-state index in [1.807, 2.05) is 0 Å². The van der Waals surface area contributed by atoms with Crippen molar-refractivity contribution in [3.63, 3.8) is 0 Å². The maximum Gasteiger partial charge on any atom is 0.232 e. The van der Waals surface area contributed by atoms with Gasteiger partial charge in [-0.25, -0.2) is 13.4 Å². The Labute approximate surface area is 132 Å². The predicted molar refractivity (Wildman–Crippen MR) is 79.7 cm³/mol. The number of anilines is 1. The lowest BCUT2D eigenvalue weighted by atomic mass is 10.1. The molecule has 9 heteroatoms. The second-order valence-electron chi connectivity index (χ2n) is 4.24. The Balaban J connectivity index is 2.23. The van der Waals surface area contributed by atoms with E-state index in [1.54, 1.807) is 12.3 Å². The molecule has 0 N–H and O–H groups in total. The number of carbonyl (C=O) groups is 1. The Morgan fingerprint density at radius 3 is 2.79 bits per heavy atom. The van der Waals surface area contributed by atoms with Crippen molar-refractivity contribution in [1.29, 1.82) is 0 Å². The summed E-state index contributed by atoms with van der Waals surface area (Å²) in [6.45, 7) is 0.321. The van der Waals surface area contributed by atoms with Crippen molar-refractivity contribution >= 4 is 63.2 Å². The number of hydrogen-bond acceptors (Lipinski definition) is 4. The number of rotatable bonds is 3. The summed E-state index contributed by atoms with van der Waals surface area (Å²) < 4.78 is 23.4. The van der Waals surface area contributed by atoms with E-state index in [1.165, 1.54) is 4.90 Å². The molecule has 1 amide bonds. The van der Waals surface area contributed by atoms with E-state index in [4.69, 9.17) is 10.7 Å². The van der Waals surface area contributed by atoms with Gasteiger partial charge in [-0.3, -0.25) is 4.79 Å². The first-order valence-electron chi connectivity index (χ1n) is 5.30. The fraction of sp³-hybridized carbons (Fsp3) is 0.400. The Morgan fingerprint density at radius 2 is 2.16 bits per heavy atom. The van der Waals surface area contributed by atoms with Crippen LogP contribution in [0.15, 0.2) is 21.3 Å². The number of halogens is 3. The normalized spacial score (nSPS) is 20.1. The standard InChI is InChI=1S/C10H9Br2ClN2O3S/c11-7-2-8(10(12)14-3-7)15-4-6(1-9(15)16)5-19(13,17)18/h2-3,6H,1,4-5H2. The fourth-order valence-corrected chi connectivity index (χ4v) is 4.08. The van der Waals surface area contributed by atoms with Crippen LogP contribution in [0.1, 0.15) is 6.42 Å². The molecule has 2 rings (SSSR count). The highest BCUT2D eigenvalue weighted by Crippen LogP contribution is 2.32. The van der Waals surface area contributed by atoms with E-state index in [-0.39, 0.29) is 24.0 Å². The first-order valence-corrected chi connectivity index (χ1v) is 9.36. The lowest BCUT2D eigenvalue weighted by molar-refractivity contribution is -0.117. The summed E-state index contributed by atoms with van der Waals surface area (Å²) >= 11 is 6.57. The average Bonchev–Trinajstić information content (AvgIpc) is 2.60. The van der Waals surface area contributed by atoms with Crippen molar-refractivity contribution in [3.8, 4) is 0 Å². The van der Waals surface area contributed by atoms with Crippen molar-refractivity contribution in [2.45, 2.75) is 6.42 Å². The summed E-state index contributed by atoms with van der Waals surface area (Å²) in [5.74, 6) is -0.623. The van der Waals surface area contributed by atoms with Gasteiger partial charge in [-0.05, 0) is 37.9 Å². The SMILES string of the molecule is O=C1CC(CS(=O)(=O)Cl)CN1c1cc(Br)cnc1Br. The van der Waals surface area contributed by atoms with Crippen molar-refractivity contribution in [1.82, 2.24) is 4.98 Å². The summed E-state index contributed by atoms with van der Waals surface area (Å²) in [4.78, 5) is 17.6. The third kappa shape index (κ3) is 3.90. The number of nitrogens with zero attached hydrogens (tertiary/aromatic N) is 2. The molecule has 1 aromatic heterocycles. The molecule has 0 bridgehead atoms. The van der Waals surface area contributed by atoms with Crippen LogP contribution in [0.2, 0.25) is 0 Å². The molecule has 1 aromatic rings. The van der Waals surface area contributed by atoms with Gasteiger partial charge in [-0.1, -0.05) is 0 Å². The first kappa shape index (κ1) is 15.2. The number of pyridine rings is 1. The lowest BCUT2D eigenvalue weighted by Crippen LogP contribution is -2.26. The molecule has 1 aliphatic rings. The van der Waals surface area contributed by atoms with Crippen LogP contribution in [-0.4, -0.2) is 31.6 Å². The molecular weight excluding hydrogens is 423 g/mol. The second-order valence-corrected chi connectivity index (χ2v) is 8.73. The molecule has 0 saturated carbocycles. The maximum absolute atomic E-state index is 12.0. The third-order valence-electron chi connectivity index (χ3n) is 2.72. The maximum atomic E-state index is 12.0. The minimum atomic E-state index is -3.60. The summed E-state index contributed by atoms with van der Waals surface area (Å²) in [5.41, 5.74) is 0.619. The summed E-state index contributed by atoms with van der Waals surface area (Å²) in [6, 6.07) is 1.76. The quantitative estimate of drug-likeness (QED) is 0.544. The van der Waals surface area contributed by atoms with Crippen LogP contribution in [0.25, 0.3) is 0 Å². The first-order chi connectivity index (χ1) is 8.76.